The molecular weight excluding hydrogens is 196 g/mol. The molecule has 2 unspecified atom stereocenters. The third kappa shape index (κ3) is 1.34. The largest absolute Gasteiger partial charge is 0.507 e. The highest BCUT2D eigenvalue weighted by atomic mass is 16.3. The van der Waals surface area contributed by atoms with Gasteiger partial charge in [-0.2, -0.15) is 0 Å². The van der Waals surface area contributed by atoms with E-state index in [9.17, 15) is 14.7 Å². The molecule has 2 aliphatic rings. The number of carbonyl (C=O) groups excluding carboxylic acids is 2. The molecule has 78 valence electrons. The van der Waals surface area contributed by atoms with Crippen LogP contribution in [-0.2, 0) is 9.59 Å². The summed E-state index contributed by atoms with van der Waals surface area (Å²) in [5.74, 6) is -1.19. The van der Waals surface area contributed by atoms with Gasteiger partial charge in [-0.25, -0.2) is 0 Å². The van der Waals surface area contributed by atoms with E-state index in [2.05, 4.69) is 0 Å². The first kappa shape index (κ1) is 9.86. The van der Waals surface area contributed by atoms with Crippen molar-refractivity contribution in [2.45, 2.75) is 13.0 Å². The number of aliphatic hydroxyl groups is 1. The molecular formula is C11H11O4+. The van der Waals surface area contributed by atoms with Crippen LogP contribution < -0.4 is 0 Å². The van der Waals surface area contributed by atoms with Crippen LogP contribution in [0.4, 0.5) is 0 Å². The van der Waals surface area contributed by atoms with Crippen molar-refractivity contribution in [3.8, 4) is 0 Å². The Bertz CT molecular complexity index is 440. The van der Waals surface area contributed by atoms with Crippen LogP contribution in [0.1, 0.15) is 6.92 Å². The Balaban J connectivity index is 2.61. The summed E-state index contributed by atoms with van der Waals surface area (Å²) in [6.45, 7) is 1.73. The maximum Gasteiger partial charge on any atom is 0.190 e. The summed E-state index contributed by atoms with van der Waals surface area (Å²) < 4.78 is 0. The van der Waals surface area contributed by atoms with Crippen molar-refractivity contribution >= 4 is 11.6 Å². The van der Waals surface area contributed by atoms with Gasteiger partial charge in [0.25, 0.3) is 0 Å². The molecule has 0 aromatic rings. The smallest absolute Gasteiger partial charge is 0.190 e. The quantitative estimate of drug-likeness (QED) is 0.454. The molecule has 0 saturated carbocycles. The van der Waals surface area contributed by atoms with Gasteiger partial charge >= 0.3 is 0 Å². The van der Waals surface area contributed by atoms with E-state index in [0.29, 0.717) is 0 Å². The fraction of sp³-hybridized carbons (Fsp3) is 0.273. The van der Waals surface area contributed by atoms with Crippen LogP contribution in [0.25, 0.3) is 0 Å². The van der Waals surface area contributed by atoms with Crippen LogP contribution in [-0.4, -0.2) is 27.9 Å². The van der Waals surface area contributed by atoms with Crippen LogP contribution in [0.3, 0.4) is 0 Å². The summed E-state index contributed by atoms with van der Waals surface area (Å²) in [7, 11) is 0. The number of hydrogen-bond acceptors (Lipinski definition) is 3. The second-order valence-electron chi connectivity index (χ2n) is 3.74. The van der Waals surface area contributed by atoms with E-state index < -0.39 is 11.9 Å². The highest BCUT2D eigenvalue weighted by Crippen LogP contribution is 2.31. The monoisotopic (exact) mass is 207 g/mol. The highest BCUT2D eigenvalue weighted by molar-refractivity contribution is 6.22. The summed E-state index contributed by atoms with van der Waals surface area (Å²) in [5.41, 5.74) is 0.121. The topological polar surface area (TPSA) is 77.3 Å². The molecule has 2 atom stereocenters. The molecule has 2 rings (SSSR count). The van der Waals surface area contributed by atoms with Crippen molar-refractivity contribution in [3.63, 3.8) is 0 Å². The van der Waals surface area contributed by atoms with Crippen LogP contribution in [0.5, 0.6) is 0 Å². The molecule has 0 aromatic carbocycles. The van der Waals surface area contributed by atoms with Gasteiger partial charge in [0.15, 0.2) is 17.7 Å². The zero-order valence-corrected chi connectivity index (χ0v) is 8.15. The van der Waals surface area contributed by atoms with Gasteiger partial charge in [0.1, 0.15) is 5.76 Å². The van der Waals surface area contributed by atoms with Gasteiger partial charge in [-0.05, 0) is 18.2 Å². The predicted octanol–water partition coefficient (Wildman–Crippen LogP) is 0.176. The van der Waals surface area contributed by atoms with Gasteiger partial charge in [0.05, 0.1) is 17.1 Å². The molecule has 4 heteroatoms. The molecule has 0 heterocycles. The average Bonchev–Trinajstić information content (AvgIpc) is 2.18. The van der Waals surface area contributed by atoms with Gasteiger partial charge in [0.2, 0.25) is 0 Å². The van der Waals surface area contributed by atoms with Crippen LogP contribution in [0.15, 0.2) is 35.1 Å². The molecule has 2 aliphatic carbocycles. The Morgan fingerprint density at radius 3 is 2.53 bits per heavy atom. The fourth-order valence-corrected chi connectivity index (χ4v) is 1.84. The summed E-state index contributed by atoms with van der Waals surface area (Å²) in [4.78, 5) is 23.0. The number of carbonyl (C=O) groups is 2. The lowest BCUT2D eigenvalue weighted by molar-refractivity contribution is -0.116. The van der Waals surface area contributed by atoms with E-state index >= 15 is 0 Å². The van der Waals surface area contributed by atoms with Crippen molar-refractivity contribution in [1.82, 2.24) is 0 Å². The maximum atomic E-state index is 11.5. The number of rotatable bonds is 0. The molecule has 0 amide bonds. The van der Waals surface area contributed by atoms with Crippen molar-refractivity contribution in [2.75, 3.05) is 0 Å². The lowest BCUT2D eigenvalue weighted by Crippen LogP contribution is -2.32. The van der Waals surface area contributed by atoms with Crippen LogP contribution >= 0.6 is 0 Å². The normalized spacial score (nSPS) is 30.4. The molecule has 0 aromatic heterocycles. The van der Waals surface area contributed by atoms with Gasteiger partial charge in [0, 0.05) is 0 Å². The van der Waals surface area contributed by atoms with Crippen molar-refractivity contribution in [3.05, 3.63) is 35.1 Å². The molecule has 15 heavy (non-hydrogen) atoms. The van der Waals surface area contributed by atoms with Gasteiger partial charge in [-0.1, -0.05) is 6.92 Å². The second kappa shape index (κ2) is 3.17. The molecule has 0 bridgehead atoms. The third-order valence-corrected chi connectivity index (χ3v) is 2.68. The molecule has 3 N–H and O–H groups in total. The molecule has 0 fully saturated rings. The first-order valence-corrected chi connectivity index (χ1v) is 4.65. The van der Waals surface area contributed by atoms with Gasteiger partial charge in [-0.3, -0.25) is 9.59 Å². The molecule has 0 spiro atoms. The summed E-state index contributed by atoms with van der Waals surface area (Å²) in [5, 5.41) is 17.4. The third-order valence-electron chi connectivity index (χ3n) is 2.68. The number of ketones is 2. The minimum Gasteiger partial charge on any atom is -0.507 e. The highest BCUT2D eigenvalue weighted by Gasteiger charge is 2.38. The van der Waals surface area contributed by atoms with Gasteiger partial charge < -0.3 is 10.2 Å². The minimum atomic E-state index is -0.766. The Morgan fingerprint density at radius 1 is 1.27 bits per heavy atom. The van der Waals surface area contributed by atoms with Gasteiger partial charge in [-0.15, -0.1) is 0 Å². The lowest BCUT2D eigenvalue weighted by Gasteiger charge is -2.23. The van der Waals surface area contributed by atoms with Crippen LogP contribution in [0, 0.1) is 5.92 Å². The maximum absolute atomic E-state index is 11.5. The lowest BCUT2D eigenvalue weighted by atomic mass is 9.80. The fourth-order valence-electron chi connectivity index (χ4n) is 1.84. The number of aliphatic hydroxyl groups excluding tert-OH is 1. The molecule has 4 nitrogen and oxygen atoms in total. The minimum absolute atomic E-state index is 0.000556. The predicted molar refractivity (Wildman–Crippen MR) is 53.5 cm³/mol. The summed E-state index contributed by atoms with van der Waals surface area (Å²) in [6.07, 6.45) is 2.97. The molecule has 0 saturated heterocycles. The first-order chi connectivity index (χ1) is 7.02. The van der Waals surface area contributed by atoms with E-state index in [-0.39, 0.29) is 28.6 Å². The van der Waals surface area contributed by atoms with Crippen molar-refractivity contribution < 1.29 is 19.8 Å². The van der Waals surface area contributed by atoms with E-state index in [1.165, 1.54) is 6.08 Å². The standard InChI is InChI=1S/C11H10O4/c1-5-4-8(14)9-6(12)2-3-7(13)10(9)11(5)15/h2-5,11,14-15H,1H3/p+1. The summed E-state index contributed by atoms with van der Waals surface area (Å²) >= 11 is 0. The molecule has 0 radical (unpaired) electrons. The zero-order chi connectivity index (χ0) is 11.2. The summed E-state index contributed by atoms with van der Waals surface area (Å²) in [6, 6.07) is 0. The van der Waals surface area contributed by atoms with E-state index in [1.807, 2.05) is 0 Å². The Morgan fingerprint density at radius 2 is 1.87 bits per heavy atom. The van der Waals surface area contributed by atoms with Crippen molar-refractivity contribution in [2.24, 2.45) is 5.92 Å². The Hall–Kier alpha value is -1.68. The number of allylic oxidation sites excluding steroid dienone is 3. The Labute approximate surface area is 86.2 Å². The van der Waals surface area contributed by atoms with E-state index in [0.717, 1.165) is 12.2 Å². The Kier molecular flexibility index (Phi) is 2.08. The average molecular weight is 207 g/mol. The van der Waals surface area contributed by atoms with Crippen LogP contribution in [0.2, 0.25) is 0 Å². The second-order valence-corrected chi connectivity index (χ2v) is 3.74. The first-order valence-electron chi connectivity index (χ1n) is 4.65. The zero-order valence-electron chi connectivity index (χ0n) is 8.15. The molecule has 0 aliphatic heterocycles. The SMILES string of the molecule is CC1C=C(O)C2=C(C(=O)C=CC2=O)C1[OH2+]. The van der Waals surface area contributed by atoms with E-state index in [1.54, 1.807) is 6.92 Å². The van der Waals surface area contributed by atoms with Crippen molar-refractivity contribution in [1.29, 1.82) is 0 Å². The number of hydrogen-bond donors (Lipinski definition) is 1. The van der Waals surface area contributed by atoms with E-state index in [4.69, 9.17) is 5.11 Å².